The van der Waals surface area contributed by atoms with Crippen molar-refractivity contribution in [3.05, 3.63) is 59.2 Å². The van der Waals surface area contributed by atoms with Crippen molar-refractivity contribution < 1.29 is 27.8 Å². The number of piperidine rings is 1. The van der Waals surface area contributed by atoms with Crippen molar-refractivity contribution in [2.75, 3.05) is 19.6 Å². The molecule has 3 aliphatic carbocycles. The molecular weight excluding hydrogens is 552 g/mol. The average molecular weight is 595 g/mol. The zero-order valence-corrected chi connectivity index (χ0v) is 25.6. The minimum absolute atomic E-state index is 0.0589. The summed E-state index contributed by atoms with van der Waals surface area (Å²) in [7, 11) is -3.73. The lowest BCUT2D eigenvalue weighted by molar-refractivity contribution is -0.196. The van der Waals surface area contributed by atoms with Crippen molar-refractivity contribution in [2.24, 2.45) is 11.8 Å². The highest BCUT2D eigenvalue weighted by molar-refractivity contribution is 7.88. The van der Waals surface area contributed by atoms with Gasteiger partial charge < -0.3 is 14.6 Å². The molecule has 5 atom stereocenters. The smallest absolute Gasteiger partial charge is 0.308 e. The molecule has 2 heterocycles. The lowest BCUT2D eigenvalue weighted by atomic mass is 9.48. The fraction of sp³-hybridized carbons (Fsp3) is 0.606. The minimum atomic E-state index is -3.73. The quantitative estimate of drug-likeness (QED) is 0.346. The first kappa shape index (κ1) is 28.3. The van der Waals surface area contributed by atoms with Crippen LogP contribution in [0.2, 0.25) is 0 Å². The second-order valence-corrected chi connectivity index (χ2v) is 15.6. The summed E-state index contributed by atoms with van der Waals surface area (Å²) < 4.78 is 42.7. The third kappa shape index (κ3) is 4.33. The van der Waals surface area contributed by atoms with Crippen LogP contribution in [0.15, 0.2) is 42.5 Å². The van der Waals surface area contributed by atoms with Gasteiger partial charge >= 0.3 is 5.97 Å². The molecule has 2 bridgehead atoms. The first-order valence-electron chi connectivity index (χ1n) is 15.5. The Morgan fingerprint density at radius 1 is 1.14 bits per heavy atom. The van der Waals surface area contributed by atoms with E-state index in [4.69, 9.17) is 9.47 Å². The molecule has 0 amide bonds. The van der Waals surface area contributed by atoms with Crippen LogP contribution in [0.5, 0.6) is 11.5 Å². The van der Waals surface area contributed by atoms with Crippen LogP contribution in [0.1, 0.15) is 69.6 Å². The molecule has 0 unspecified atom stereocenters. The van der Waals surface area contributed by atoms with Gasteiger partial charge in [0, 0.05) is 31.6 Å². The monoisotopic (exact) mass is 594 g/mol. The van der Waals surface area contributed by atoms with Crippen molar-refractivity contribution in [3.8, 4) is 11.5 Å². The summed E-state index contributed by atoms with van der Waals surface area (Å²) in [6.07, 6.45) is 4.28. The normalized spacial score (nSPS) is 31.6. The molecule has 0 radical (unpaired) electrons. The predicted octanol–water partition coefficient (Wildman–Crippen LogP) is 4.03. The minimum Gasteiger partial charge on any atom is -0.483 e. The Bertz CT molecular complexity index is 1490. The van der Waals surface area contributed by atoms with Crippen LogP contribution < -0.4 is 9.47 Å². The molecular formula is C33H42N2O6S. The third-order valence-electron chi connectivity index (χ3n) is 10.4. The van der Waals surface area contributed by atoms with E-state index in [1.165, 1.54) is 19.8 Å². The zero-order chi connectivity index (χ0) is 29.4. The SMILES string of the molecule is CC(=O)Oc1ccc2c3c1O[C@H]1[C@@H](N(CC(C)C)S(=O)(=O)Cc4ccccc4)CC[C@@]4(O)[C@@H](C2)N(CC2CC2)CC[C@]314. The van der Waals surface area contributed by atoms with Crippen molar-refractivity contribution >= 4 is 16.0 Å². The van der Waals surface area contributed by atoms with Crippen LogP contribution in [0.25, 0.3) is 0 Å². The largest absolute Gasteiger partial charge is 0.483 e. The molecule has 7 rings (SSSR count). The number of hydrogen-bond donors (Lipinski definition) is 1. The number of benzene rings is 2. The maximum atomic E-state index is 14.2. The van der Waals surface area contributed by atoms with E-state index in [0.29, 0.717) is 49.6 Å². The topological polar surface area (TPSA) is 96.4 Å². The van der Waals surface area contributed by atoms with Crippen molar-refractivity contribution in [3.63, 3.8) is 0 Å². The van der Waals surface area contributed by atoms with Crippen LogP contribution in [-0.4, -0.2) is 72.1 Å². The zero-order valence-electron chi connectivity index (χ0n) is 24.8. The molecule has 5 aliphatic rings. The number of rotatable bonds is 9. The summed E-state index contributed by atoms with van der Waals surface area (Å²) in [5.41, 5.74) is 0.948. The van der Waals surface area contributed by atoms with Gasteiger partial charge in [0.25, 0.3) is 0 Å². The summed E-state index contributed by atoms with van der Waals surface area (Å²) >= 11 is 0. The highest BCUT2D eigenvalue weighted by Crippen LogP contribution is 2.66. The number of sulfonamides is 1. The van der Waals surface area contributed by atoms with Crippen molar-refractivity contribution in [1.82, 2.24) is 9.21 Å². The number of likely N-dealkylation sites (tertiary alicyclic amines) is 1. The highest BCUT2D eigenvalue weighted by Gasteiger charge is 2.74. The molecule has 1 N–H and O–H groups in total. The summed E-state index contributed by atoms with van der Waals surface area (Å²) in [4.78, 5) is 14.6. The second kappa shape index (κ2) is 10.0. The van der Waals surface area contributed by atoms with E-state index in [1.807, 2.05) is 56.3 Å². The van der Waals surface area contributed by atoms with Gasteiger partial charge in [-0.2, -0.15) is 4.31 Å². The standard InChI is InChI=1S/C33H42N2O6S/c1-21(2)18-35(42(38,39)20-24-7-5-4-6-8-24)26-13-14-33(37)28-17-25-11-12-27(40-22(3)36)30-29(25)32(33,31(26)41-30)15-16-34(28)19-23-9-10-23/h4-8,11-12,21,23,26,28,31,37H,9-10,13-20H2,1-3H3/t26-,28+,31-,32-,33+/m0/s1. The molecule has 226 valence electrons. The van der Waals surface area contributed by atoms with E-state index in [1.54, 1.807) is 4.31 Å². The van der Waals surface area contributed by atoms with Crippen LogP contribution in [0, 0.1) is 11.8 Å². The summed E-state index contributed by atoms with van der Waals surface area (Å²) in [6.45, 7) is 7.64. The van der Waals surface area contributed by atoms with Gasteiger partial charge in [0.15, 0.2) is 11.5 Å². The molecule has 1 saturated heterocycles. The summed E-state index contributed by atoms with van der Waals surface area (Å²) in [5.74, 6) is 1.14. The van der Waals surface area contributed by atoms with E-state index >= 15 is 0 Å². The highest BCUT2D eigenvalue weighted by atomic mass is 32.2. The van der Waals surface area contributed by atoms with E-state index in [2.05, 4.69) is 4.90 Å². The maximum Gasteiger partial charge on any atom is 0.308 e. The Morgan fingerprint density at radius 2 is 1.90 bits per heavy atom. The molecule has 1 spiro atoms. The average Bonchev–Trinajstić information content (AvgIpc) is 3.67. The Balaban J connectivity index is 1.35. The fourth-order valence-corrected chi connectivity index (χ4v) is 10.6. The molecule has 2 saturated carbocycles. The van der Waals surface area contributed by atoms with E-state index in [0.717, 1.165) is 29.8 Å². The Hall–Kier alpha value is -2.46. The number of ether oxygens (including phenoxy) is 2. The first-order chi connectivity index (χ1) is 20.0. The van der Waals surface area contributed by atoms with E-state index in [9.17, 15) is 18.3 Å². The van der Waals surface area contributed by atoms with Crippen molar-refractivity contribution in [2.45, 2.75) is 94.3 Å². The maximum absolute atomic E-state index is 14.2. The molecule has 3 fully saturated rings. The van der Waals surface area contributed by atoms with Gasteiger partial charge in [-0.05, 0) is 74.1 Å². The van der Waals surface area contributed by atoms with Crippen LogP contribution in [0.4, 0.5) is 0 Å². The number of aliphatic hydroxyl groups is 1. The summed E-state index contributed by atoms with van der Waals surface area (Å²) in [5, 5.41) is 12.9. The fourth-order valence-electron chi connectivity index (χ4n) is 8.66. The Labute approximate surface area is 249 Å². The Kier molecular flexibility index (Phi) is 6.77. The van der Waals surface area contributed by atoms with Gasteiger partial charge in [0.1, 0.15) is 6.10 Å². The second-order valence-electron chi connectivity index (χ2n) is 13.7. The lowest BCUT2D eigenvalue weighted by Gasteiger charge is -2.64. The Morgan fingerprint density at radius 3 is 2.60 bits per heavy atom. The number of carbonyl (C=O) groups is 1. The summed E-state index contributed by atoms with van der Waals surface area (Å²) in [6, 6.07) is 12.6. The molecule has 0 aromatic heterocycles. The molecule has 42 heavy (non-hydrogen) atoms. The molecule has 2 aliphatic heterocycles. The van der Waals surface area contributed by atoms with Gasteiger partial charge in [-0.15, -0.1) is 0 Å². The number of carbonyl (C=O) groups excluding carboxylic acids is 1. The van der Waals surface area contributed by atoms with E-state index in [-0.39, 0.29) is 17.7 Å². The van der Waals surface area contributed by atoms with Gasteiger partial charge in [0.2, 0.25) is 10.0 Å². The van der Waals surface area contributed by atoms with Gasteiger partial charge in [-0.3, -0.25) is 9.69 Å². The molecule has 2 aromatic carbocycles. The molecule has 9 heteroatoms. The first-order valence-corrected chi connectivity index (χ1v) is 17.2. The lowest BCUT2D eigenvalue weighted by Crippen LogP contribution is -2.78. The number of esters is 1. The van der Waals surface area contributed by atoms with E-state index < -0.39 is 39.2 Å². The van der Waals surface area contributed by atoms with Crippen LogP contribution >= 0.6 is 0 Å². The van der Waals surface area contributed by atoms with Crippen LogP contribution in [0.3, 0.4) is 0 Å². The molecule has 2 aromatic rings. The predicted molar refractivity (Wildman–Crippen MR) is 159 cm³/mol. The number of hydrogen-bond acceptors (Lipinski definition) is 7. The van der Waals surface area contributed by atoms with Crippen LogP contribution in [-0.2, 0) is 32.4 Å². The molecule has 8 nitrogen and oxygen atoms in total. The van der Waals surface area contributed by atoms with Gasteiger partial charge in [-0.25, -0.2) is 8.42 Å². The van der Waals surface area contributed by atoms with Gasteiger partial charge in [-0.1, -0.05) is 50.2 Å². The number of nitrogens with zero attached hydrogens (tertiary/aromatic N) is 2. The third-order valence-corrected chi connectivity index (χ3v) is 12.3. The van der Waals surface area contributed by atoms with Crippen molar-refractivity contribution in [1.29, 1.82) is 0 Å². The van der Waals surface area contributed by atoms with Gasteiger partial charge in [0.05, 0.1) is 22.8 Å².